The van der Waals surface area contributed by atoms with Crippen molar-refractivity contribution in [1.29, 1.82) is 0 Å². The molecule has 2 heteroatoms. The maximum Gasteiger partial charge on any atom is 0.0464 e. The van der Waals surface area contributed by atoms with Crippen LogP contribution in [0.1, 0.15) is 13.3 Å². The zero-order chi connectivity index (χ0) is 7.82. The van der Waals surface area contributed by atoms with Crippen LogP contribution in [0.15, 0.2) is 12.7 Å². The highest BCUT2D eigenvalue weighted by molar-refractivity contribution is 7.99. The van der Waals surface area contributed by atoms with Crippen LogP contribution in [0.4, 0.5) is 0 Å². The van der Waals surface area contributed by atoms with Crippen LogP contribution >= 0.6 is 11.8 Å². The van der Waals surface area contributed by atoms with Crippen molar-refractivity contribution in [2.45, 2.75) is 13.3 Å². The van der Waals surface area contributed by atoms with Gasteiger partial charge >= 0.3 is 0 Å². The molecule has 0 aromatic carbocycles. The second-order valence-electron chi connectivity index (χ2n) is 2.44. The van der Waals surface area contributed by atoms with E-state index in [1.165, 1.54) is 0 Å². The minimum Gasteiger partial charge on any atom is -0.396 e. The smallest absolute Gasteiger partial charge is 0.0464 e. The van der Waals surface area contributed by atoms with Gasteiger partial charge in [-0.3, -0.25) is 0 Å². The van der Waals surface area contributed by atoms with E-state index in [9.17, 15) is 0 Å². The van der Waals surface area contributed by atoms with Gasteiger partial charge in [0.15, 0.2) is 0 Å². The predicted octanol–water partition coefficient (Wildman–Crippen LogP) is 1.92. The molecule has 0 heterocycles. The van der Waals surface area contributed by atoms with Crippen molar-refractivity contribution in [2.75, 3.05) is 18.1 Å². The first kappa shape index (κ1) is 10.0. The average Bonchev–Trinajstić information content (AvgIpc) is 1.98. The van der Waals surface area contributed by atoms with E-state index >= 15 is 0 Å². The van der Waals surface area contributed by atoms with Gasteiger partial charge in [-0.15, -0.1) is 6.58 Å². The van der Waals surface area contributed by atoms with E-state index in [2.05, 4.69) is 13.5 Å². The first-order valence-corrected chi connectivity index (χ1v) is 4.76. The van der Waals surface area contributed by atoms with Gasteiger partial charge in [-0.1, -0.05) is 13.0 Å². The second-order valence-corrected chi connectivity index (χ2v) is 3.59. The molecule has 0 radical (unpaired) electrons. The van der Waals surface area contributed by atoms with Crippen LogP contribution in [0.3, 0.4) is 0 Å². The van der Waals surface area contributed by atoms with Gasteiger partial charge in [0.2, 0.25) is 0 Å². The first-order valence-electron chi connectivity index (χ1n) is 3.60. The third-order valence-corrected chi connectivity index (χ3v) is 2.51. The van der Waals surface area contributed by atoms with Crippen molar-refractivity contribution in [1.82, 2.24) is 0 Å². The predicted molar refractivity (Wildman–Crippen MR) is 48.4 cm³/mol. The lowest BCUT2D eigenvalue weighted by molar-refractivity contribution is 0.250. The number of rotatable bonds is 6. The fourth-order valence-electron chi connectivity index (χ4n) is 0.504. The molecule has 0 bridgehead atoms. The van der Waals surface area contributed by atoms with Crippen LogP contribution in [0.2, 0.25) is 0 Å². The number of thioether (sulfide) groups is 1. The van der Waals surface area contributed by atoms with Crippen LogP contribution in [0.5, 0.6) is 0 Å². The summed E-state index contributed by atoms with van der Waals surface area (Å²) in [4.78, 5) is 0. The van der Waals surface area contributed by atoms with Crippen molar-refractivity contribution >= 4 is 11.8 Å². The summed E-state index contributed by atoms with van der Waals surface area (Å²) in [5, 5.41) is 8.66. The minimum absolute atomic E-state index is 0.307. The van der Waals surface area contributed by atoms with Crippen molar-refractivity contribution in [2.24, 2.45) is 5.92 Å². The average molecular weight is 160 g/mol. The first-order chi connectivity index (χ1) is 4.81. The largest absolute Gasteiger partial charge is 0.396 e. The van der Waals surface area contributed by atoms with E-state index in [-0.39, 0.29) is 0 Å². The minimum atomic E-state index is 0.307. The molecule has 0 saturated heterocycles. The van der Waals surface area contributed by atoms with Gasteiger partial charge in [0.25, 0.3) is 0 Å². The van der Waals surface area contributed by atoms with Gasteiger partial charge in [0.1, 0.15) is 0 Å². The molecule has 0 saturated carbocycles. The van der Waals surface area contributed by atoms with Crippen molar-refractivity contribution in [3.05, 3.63) is 12.7 Å². The van der Waals surface area contributed by atoms with Crippen LogP contribution in [-0.4, -0.2) is 23.2 Å². The Bertz CT molecular complexity index is 83.3. The molecule has 0 fully saturated rings. The molecule has 0 aromatic heterocycles. The Labute approximate surface area is 67.5 Å². The molecule has 0 amide bonds. The molecule has 0 aliphatic carbocycles. The fourth-order valence-corrected chi connectivity index (χ4v) is 1.51. The Hall–Kier alpha value is 0.0500. The zero-order valence-corrected chi connectivity index (χ0v) is 7.36. The molecule has 0 spiro atoms. The number of aliphatic hydroxyl groups excluding tert-OH is 1. The summed E-state index contributed by atoms with van der Waals surface area (Å²) in [6.07, 6.45) is 3.00. The number of hydrogen-bond acceptors (Lipinski definition) is 2. The summed E-state index contributed by atoms with van der Waals surface area (Å²) in [5.41, 5.74) is 0. The van der Waals surface area contributed by atoms with Crippen LogP contribution in [0.25, 0.3) is 0 Å². The Kier molecular flexibility index (Phi) is 7.20. The van der Waals surface area contributed by atoms with E-state index in [0.717, 1.165) is 17.9 Å². The molecule has 0 rings (SSSR count). The summed E-state index contributed by atoms with van der Waals surface area (Å²) < 4.78 is 0. The summed E-state index contributed by atoms with van der Waals surface area (Å²) in [5.74, 6) is 2.63. The number of allylic oxidation sites excluding steroid dienone is 1. The number of hydrogen-bond donors (Lipinski definition) is 1. The van der Waals surface area contributed by atoms with Gasteiger partial charge in [0, 0.05) is 6.61 Å². The van der Waals surface area contributed by atoms with E-state index < -0.39 is 0 Å². The molecule has 0 aromatic rings. The summed E-state index contributed by atoms with van der Waals surface area (Å²) >= 11 is 1.88. The maximum atomic E-state index is 8.66. The maximum absolute atomic E-state index is 8.66. The normalized spacial score (nSPS) is 13.0. The van der Waals surface area contributed by atoms with Crippen LogP contribution in [0, 0.1) is 5.92 Å². The highest BCUT2D eigenvalue weighted by Crippen LogP contribution is 2.08. The zero-order valence-electron chi connectivity index (χ0n) is 6.55. The van der Waals surface area contributed by atoms with Gasteiger partial charge in [-0.25, -0.2) is 0 Å². The molecular weight excluding hydrogens is 144 g/mol. The molecule has 0 aliphatic heterocycles. The second kappa shape index (κ2) is 7.16. The Morgan fingerprint density at radius 3 is 2.90 bits per heavy atom. The topological polar surface area (TPSA) is 20.2 Å². The molecule has 0 aliphatic rings. The highest BCUT2D eigenvalue weighted by atomic mass is 32.2. The lowest BCUT2D eigenvalue weighted by Gasteiger charge is -2.04. The molecule has 10 heavy (non-hydrogen) atoms. The summed E-state index contributed by atoms with van der Waals surface area (Å²) in [6, 6.07) is 0. The SMILES string of the molecule is C=CCCSCC(C)CO. The van der Waals surface area contributed by atoms with Gasteiger partial charge < -0.3 is 5.11 Å². The third kappa shape index (κ3) is 6.17. The van der Waals surface area contributed by atoms with Gasteiger partial charge in [0.05, 0.1) is 0 Å². The molecule has 1 atom stereocenters. The van der Waals surface area contributed by atoms with Crippen molar-refractivity contribution in [3.8, 4) is 0 Å². The van der Waals surface area contributed by atoms with E-state index in [0.29, 0.717) is 12.5 Å². The third-order valence-electron chi connectivity index (χ3n) is 1.18. The Morgan fingerprint density at radius 2 is 2.40 bits per heavy atom. The lowest BCUT2D eigenvalue weighted by atomic mass is 10.2. The molecule has 1 nitrogen and oxygen atoms in total. The van der Waals surface area contributed by atoms with Crippen molar-refractivity contribution in [3.63, 3.8) is 0 Å². The van der Waals surface area contributed by atoms with Crippen molar-refractivity contribution < 1.29 is 5.11 Å². The summed E-state index contributed by atoms with van der Waals surface area (Å²) in [6.45, 7) is 6.00. The molecular formula is C8H16OS. The van der Waals surface area contributed by atoms with Gasteiger partial charge in [-0.05, 0) is 23.8 Å². The van der Waals surface area contributed by atoms with Crippen LogP contribution in [-0.2, 0) is 0 Å². The quantitative estimate of drug-likeness (QED) is 0.473. The monoisotopic (exact) mass is 160 g/mol. The summed E-state index contributed by atoms with van der Waals surface area (Å²) in [7, 11) is 0. The molecule has 60 valence electrons. The lowest BCUT2D eigenvalue weighted by Crippen LogP contribution is -2.03. The number of aliphatic hydroxyl groups is 1. The van der Waals surface area contributed by atoms with Gasteiger partial charge in [-0.2, -0.15) is 11.8 Å². The Balaban J connectivity index is 2.95. The Morgan fingerprint density at radius 1 is 1.70 bits per heavy atom. The highest BCUT2D eigenvalue weighted by Gasteiger charge is 1.97. The van der Waals surface area contributed by atoms with E-state index in [4.69, 9.17) is 5.11 Å². The molecule has 1 N–H and O–H groups in total. The molecule has 1 unspecified atom stereocenters. The van der Waals surface area contributed by atoms with E-state index in [1.807, 2.05) is 17.8 Å². The van der Waals surface area contributed by atoms with E-state index in [1.54, 1.807) is 0 Å². The fraction of sp³-hybridized carbons (Fsp3) is 0.750. The van der Waals surface area contributed by atoms with Crippen LogP contribution < -0.4 is 0 Å². The standard InChI is InChI=1S/C8H16OS/c1-3-4-5-10-7-8(2)6-9/h3,8-9H,1,4-7H2,2H3.